The molecule has 1 N–H and O–H groups in total. The summed E-state index contributed by atoms with van der Waals surface area (Å²) in [6.07, 6.45) is 2.55. The van der Waals surface area contributed by atoms with Gasteiger partial charge in [-0.2, -0.15) is 0 Å². The van der Waals surface area contributed by atoms with E-state index in [1.807, 2.05) is 0 Å². The molecule has 0 saturated heterocycles. The summed E-state index contributed by atoms with van der Waals surface area (Å²) in [4.78, 5) is 0. The Labute approximate surface area is 132 Å². The lowest BCUT2D eigenvalue weighted by atomic mass is 10.1. The van der Waals surface area contributed by atoms with Crippen molar-refractivity contribution in [3.8, 4) is 0 Å². The second kappa shape index (κ2) is 10.6. The lowest BCUT2D eigenvalue weighted by molar-refractivity contribution is 0.356. The van der Waals surface area contributed by atoms with E-state index in [2.05, 4.69) is 46.9 Å². The van der Waals surface area contributed by atoms with Gasteiger partial charge in [0, 0.05) is 19.1 Å². The molecule has 0 aliphatic rings. The van der Waals surface area contributed by atoms with Crippen molar-refractivity contribution in [2.24, 2.45) is 11.8 Å². The first-order valence-electron chi connectivity index (χ1n) is 8.36. The molecule has 21 heavy (non-hydrogen) atoms. The second-order valence-corrected chi connectivity index (χ2v) is 9.13. The minimum atomic E-state index is -3.12. The molecule has 0 aromatic rings. The molecule has 0 unspecified atom stereocenters. The highest BCUT2D eigenvalue weighted by Gasteiger charge is 2.21. The van der Waals surface area contributed by atoms with Gasteiger partial charge >= 0.3 is 0 Å². The molecule has 0 aliphatic carbocycles. The van der Waals surface area contributed by atoms with E-state index >= 15 is 0 Å². The van der Waals surface area contributed by atoms with E-state index in [9.17, 15) is 8.42 Å². The van der Waals surface area contributed by atoms with E-state index in [4.69, 9.17) is 0 Å². The minimum Gasteiger partial charge on any atom is -0.314 e. The predicted molar refractivity (Wildman–Crippen MR) is 92.0 cm³/mol. The van der Waals surface area contributed by atoms with Crippen LogP contribution in [-0.2, 0) is 10.0 Å². The highest BCUT2D eigenvalue weighted by atomic mass is 32.2. The van der Waals surface area contributed by atoms with Crippen molar-refractivity contribution >= 4 is 10.0 Å². The summed E-state index contributed by atoms with van der Waals surface area (Å²) >= 11 is 0. The van der Waals surface area contributed by atoms with Crippen LogP contribution in [0.3, 0.4) is 0 Å². The zero-order chi connectivity index (χ0) is 16.5. The molecule has 128 valence electrons. The Balaban J connectivity index is 4.46. The summed E-state index contributed by atoms with van der Waals surface area (Å²) in [6.45, 7) is 14.8. The normalized spacial score (nSPS) is 13.0. The zero-order valence-electron chi connectivity index (χ0n) is 14.9. The second-order valence-electron chi connectivity index (χ2n) is 7.04. The zero-order valence-corrected chi connectivity index (χ0v) is 15.7. The fourth-order valence-corrected chi connectivity index (χ4v) is 3.50. The summed E-state index contributed by atoms with van der Waals surface area (Å²) in [5.41, 5.74) is 0. The van der Waals surface area contributed by atoms with Gasteiger partial charge in [-0.05, 0) is 37.6 Å². The van der Waals surface area contributed by atoms with Crippen LogP contribution >= 0.6 is 0 Å². The highest BCUT2D eigenvalue weighted by molar-refractivity contribution is 7.89. The van der Waals surface area contributed by atoms with Gasteiger partial charge in [0.05, 0.1) is 5.75 Å². The number of nitrogens with one attached hydrogen (secondary N) is 1. The fourth-order valence-electron chi connectivity index (χ4n) is 1.97. The lowest BCUT2D eigenvalue weighted by Gasteiger charge is -2.24. The minimum absolute atomic E-state index is 0.253. The van der Waals surface area contributed by atoms with Gasteiger partial charge in [0.15, 0.2) is 0 Å². The van der Waals surface area contributed by atoms with Crippen molar-refractivity contribution in [3.63, 3.8) is 0 Å². The third kappa shape index (κ3) is 11.1. The first kappa shape index (κ1) is 20.9. The van der Waals surface area contributed by atoms with Crippen molar-refractivity contribution in [2.75, 3.05) is 25.4 Å². The molecule has 0 atom stereocenters. The molecule has 0 rings (SSSR count). The molecule has 0 radical (unpaired) electrons. The van der Waals surface area contributed by atoms with E-state index in [1.165, 1.54) is 0 Å². The van der Waals surface area contributed by atoms with Gasteiger partial charge < -0.3 is 5.32 Å². The Morgan fingerprint density at radius 1 is 0.905 bits per heavy atom. The topological polar surface area (TPSA) is 49.4 Å². The quantitative estimate of drug-likeness (QED) is 0.562. The Kier molecular flexibility index (Phi) is 10.5. The van der Waals surface area contributed by atoms with Crippen LogP contribution in [0.1, 0.15) is 60.8 Å². The number of hydrogen-bond donors (Lipinski definition) is 1. The van der Waals surface area contributed by atoms with E-state index in [-0.39, 0.29) is 5.75 Å². The average molecular weight is 321 g/mol. The Bertz CT molecular complexity index is 339. The molecule has 0 aromatic heterocycles. The SMILES string of the molecule is CC(C)CCN(CCC(C)C)S(=O)(=O)CCCNC(C)C. The maximum absolute atomic E-state index is 12.5. The average Bonchev–Trinajstić information content (AvgIpc) is 2.33. The molecule has 0 heterocycles. The van der Waals surface area contributed by atoms with Gasteiger partial charge in [0.2, 0.25) is 10.0 Å². The molecule has 0 amide bonds. The van der Waals surface area contributed by atoms with Crippen LogP contribution in [0.15, 0.2) is 0 Å². The highest BCUT2D eigenvalue weighted by Crippen LogP contribution is 2.12. The number of sulfonamides is 1. The summed E-state index contributed by atoms with van der Waals surface area (Å²) < 4.78 is 26.7. The maximum atomic E-state index is 12.5. The molecule has 4 nitrogen and oxygen atoms in total. The number of nitrogens with zero attached hydrogens (tertiary/aromatic N) is 1. The smallest absolute Gasteiger partial charge is 0.214 e. The standard InChI is InChI=1S/C16H36N2O2S/c1-14(2)8-11-18(12-9-15(3)4)21(19,20)13-7-10-17-16(5)6/h14-17H,7-13H2,1-6H3. The molecular formula is C16H36N2O2S. The van der Waals surface area contributed by atoms with Crippen LogP contribution in [0, 0.1) is 11.8 Å². The number of hydrogen-bond acceptors (Lipinski definition) is 3. The summed E-state index contributed by atoms with van der Waals surface area (Å²) in [5.74, 6) is 1.32. The van der Waals surface area contributed by atoms with Gasteiger partial charge in [-0.3, -0.25) is 0 Å². The van der Waals surface area contributed by atoms with E-state index in [0.717, 1.165) is 19.4 Å². The van der Waals surface area contributed by atoms with Gasteiger partial charge in [0.1, 0.15) is 0 Å². The van der Waals surface area contributed by atoms with Crippen molar-refractivity contribution in [1.82, 2.24) is 9.62 Å². The molecule has 0 aromatic carbocycles. The molecule has 0 fully saturated rings. The first-order valence-corrected chi connectivity index (χ1v) is 9.97. The van der Waals surface area contributed by atoms with Crippen molar-refractivity contribution in [2.45, 2.75) is 66.8 Å². The van der Waals surface area contributed by atoms with Gasteiger partial charge in [-0.25, -0.2) is 12.7 Å². The maximum Gasteiger partial charge on any atom is 0.214 e. The van der Waals surface area contributed by atoms with Gasteiger partial charge in [-0.15, -0.1) is 0 Å². The summed E-state index contributed by atoms with van der Waals surface area (Å²) in [5, 5.41) is 3.27. The van der Waals surface area contributed by atoms with Crippen molar-refractivity contribution in [3.05, 3.63) is 0 Å². The monoisotopic (exact) mass is 320 g/mol. The lowest BCUT2D eigenvalue weighted by Crippen LogP contribution is -2.37. The van der Waals surface area contributed by atoms with E-state index in [1.54, 1.807) is 4.31 Å². The van der Waals surface area contributed by atoms with E-state index in [0.29, 0.717) is 37.4 Å². The van der Waals surface area contributed by atoms with Crippen LogP contribution in [0.4, 0.5) is 0 Å². The third-order valence-electron chi connectivity index (χ3n) is 3.44. The summed E-state index contributed by atoms with van der Waals surface area (Å²) in [6, 6.07) is 0.408. The van der Waals surface area contributed by atoms with Crippen LogP contribution in [0.5, 0.6) is 0 Å². The van der Waals surface area contributed by atoms with Crippen LogP contribution in [-0.4, -0.2) is 44.2 Å². The van der Waals surface area contributed by atoms with Crippen LogP contribution in [0.2, 0.25) is 0 Å². The Morgan fingerprint density at radius 3 is 1.76 bits per heavy atom. The molecule has 0 spiro atoms. The molecular weight excluding hydrogens is 284 g/mol. The molecule has 5 heteroatoms. The van der Waals surface area contributed by atoms with Crippen LogP contribution < -0.4 is 5.32 Å². The van der Waals surface area contributed by atoms with Gasteiger partial charge in [-0.1, -0.05) is 41.5 Å². The molecule has 0 saturated carbocycles. The third-order valence-corrected chi connectivity index (χ3v) is 5.39. The van der Waals surface area contributed by atoms with Crippen molar-refractivity contribution < 1.29 is 8.42 Å². The predicted octanol–water partition coefficient (Wildman–Crippen LogP) is 3.10. The Morgan fingerprint density at radius 2 is 1.38 bits per heavy atom. The van der Waals surface area contributed by atoms with Crippen LogP contribution in [0.25, 0.3) is 0 Å². The number of rotatable bonds is 12. The first-order chi connectivity index (χ1) is 9.65. The Hall–Kier alpha value is -0.130. The largest absolute Gasteiger partial charge is 0.314 e. The van der Waals surface area contributed by atoms with E-state index < -0.39 is 10.0 Å². The van der Waals surface area contributed by atoms with Gasteiger partial charge in [0.25, 0.3) is 0 Å². The summed E-state index contributed by atoms with van der Waals surface area (Å²) in [7, 11) is -3.12. The molecule has 0 bridgehead atoms. The fraction of sp³-hybridized carbons (Fsp3) is 1.00. The van der Waals surface area contributed by atoms with Crippen molar-refractivity contribution in [1.29, 1.82) is 0 Å². The molecule has 0 aliphatic heterocycles.